The molecule has 1 aliphatic carbocycles. The predicted molar refractivity (Wildman–Crippen MR) is 97.1 cm³/mol. The summed E-state index contributed by atoms with van der Waals surface area (Å²) in [4.78, 5) is 19.3. The number of likely N-dealkylation sites (tertiary alicyclic amines) is 1. The molecule has 1 saturated heterocycles. The molecule has 4 rings (SSSR count). The minimum atomic E-state index is 0.0579. The normalized spacial score (nSPS) is 19.0. The maximum Gasteiger partial charge on any atom is 0.267 e. The summed E-state index contributed by atoms with van der Waals surface area (Å²) in [6.07, 6.45) is 6.21. The molecule has 7 heteroatoms. The fraction of sp³-hybridized carbons (Fsp3) is 0.684. The first-order valence-corrected chi connectivity index (χ1v) is 9.76. The molecule has 0 radical (unpaired) electrons. The van der Waals surface area contributed by atoms with Crippen LogP contribution in [0.25, 0.3) is 0 Å². The van der Waals surface area contributed by atoms with E-state index in [1.165, 1.54) is 12.8 Å². The molecule has 0 amide bonds. The van der Waals surface area contributed by atoms with Crippen LogP contribution in [-0.2, 0) is 19.4 Å². The van der Waals surface area contributed by atoms with Gasteiger partial charge in [-0.25, -0.2) is 4.68 Å². The monoisotopic (exact) mass is 357 g/mol. The largest absolute Gasteiger partial charge is 0.338 e. The van der Waals surface area contributed by atoms with Crippen LogP contribution in [0.15, 0.2) is 15.4 Å². The number of piperidine rings is 1. The Hall–Kier alpha value is -2.02. The van der Waals surface area contributed by atoms with E-state index in [2.05, 4.69) is 28.9 Å². The molecule has 0 unspecified atom stereocenters. The second-order valence-electron chi connectivity index (χ2n) is 7.81. The smallest absolute Gasteiger partial charge is 0.267 e. The second kappa shape index (κ2) is 7.31. The molecule has 0 bridgehead atoms. The Morgan fingerprint density at radius 2 is 2.00 bits per heavy atom. The summed E-state index contributed by atoms with van der Waals surface area (Å²) in [5.74, 6) is 1.72. The van der Waals surface area contributed by atoms with Crippen molar-refractivity contribution in [3.63, 3.8) is 0 Å². The zero-order valence-corrected chi connectivity index (χ0v) is 15.6. The third kappa shape index (κ3) is 3.58. The van der Waals surface area contributed by atoms with Crippen molar-refractivity contribution in [1.82, 2.24) is 24.8 Å². The fourth-order valence-corrected chi connectivity index (χ4v) is 3.92. The van der Waals surface area contributed by atoms with Crippen molar-refractivity contribution in [3.8, 4) is 0 Å². The van der Waals surface area contributed by atoms with Crippen molar-refractivity contribution >= 4 is 0 Å². The molecule has 2 aromatic heterocycles. The number of nitrogens with zero attached hydrogens (tertiary/aromatic N) is 5. The number of aromatic nitrogens is 4. The quantitative estimate of drug-likeness (QED) is 0.836. The van der Waals surface area contributed by atoms with Gasteiger partial charge in [0.15, 0.2) is 5.82 Å². The van der Waals surface area contributed by atoms with Crippen LogP contribution in [0.1, 0.15) is 74.5 Å². The van der Waals surface area contributed by atoms with Crippen LogP contribution in [0.4, 0.5) is 0 Å². The summed E-state index contributed by atoms with van der Waals surface area (Å²) in [7, 11) is 0. The minimum absolute atomic E-state index is 0.0579. The lowest BCUT2D eigenvalue weighted by Crippen LogP contribution is -2.38. The van der Waals surface area contributed by atoms with E-state index < -0.39 is 0 Å². The van der Waals surface area contributed by atoms with Gasteiger partial charge in [0.05, 0.1) is 18.3 Å². The van der Waals surface area contributed by atoms with E-state index in [9.17, 15) is 4.79 Å². The lowest BCUT2D eigenvalue weighted by atomic mass is 9.97. The van der Waals surface area contributed by atoms with E-state index in [0.717, 1.165) is 55.9 Å². The Balaban J connectivity index is 1.39. The first kappa shape index (κ1) is 17.4. The topological polar surface area (TPSA) is 77.0 Å². The average Bonchev–Trinajstić information content (AvgIpc) is 3.11. The number of fused-ring (bicyclic) bond motifs is 1. The maximum absolute atomic E-state index is 12.5. The molecule has 0 aromatic carbocycles. The first-order chi connectivity index (χ1) is 12.6. The SMILES string of the molecule is CC(C)c1noc(CN2CCC(n3nc4c(cc3=O)CCCC4)CC2)n1. The van der Waals surface area contributed by atoms with E-state index in [0.29, 0.717) is 12.4 Å². The highest BCUT2D eigenvalue weighted by atomic mass is 16.5. The van der Waals surface area contributed by atoms with Crippen LogP contribution >= 0.6 is 0 Å². The molecule has 0 N–H and O–H groups in total. The molecule has 2 aromatic rings. The fourth-order valence-electron chi connectivity index (χ4n) is 3.92. The molecule has 0 atom stereocenters. The summed E-state index contributed by atoms with van der Waals surface area (Å²) in [6, 6.07) is 2.01. The Bertz CT molecular complexity index is 818. The Morgan fingerprint density at radius 3 is 2.73 bits per heavy atom. The molecule has 1 fully saturated rings. The Kier molecular flexibility index (Phi) is 4.89. The zero-order valence-electron chi connectivity index (χ0n) is 15.6. The van der Waals surface area contributed by atoms with Gasteiger partial charge in [0, 0.05) is 25.1 Å². The van der Waals surface area contributed by atoms with Crippen molar-refractivity contribution in [3.05, 3.63) is 39.4 Å². The van der Waals surface area contributed by atoms with Gasteiger partial charge >= 0.3 is 0 Å². The van der Waals surface area contributed by atoms with E-state index in [4.69, 9.17) is 9.62 Å². The molecule has 3 heterocycles. The molecule has 2 aliphatic rings. The van der Waals surface area contributed by atoms with Crippen LogP contribution in [0, 0.1) is 0 Å². The van der Waals surface area contributed by atoms with Gasteiger partial charge in [0.1, 0.15) is 0 Å². The van der Waals surface area contributed by atoms with Gasteiger partial charge in [0.25, 0.3) is 5.56 Å². The van der Waals surface area contributed by atoms with Gasteiger partial charge in [0.2, 0.25) is 5.89 Å². The summed E-state index contributed by atoms with van der Waals surface area (Å²) >= 11 is 0. The molecule has 0 spiro atoms. The second-order valence-corrected chi connectivity index (χ2v) is 7.81. The van der Waals surface area contributed by atoms with Gasteiger partial charge in [-0.2, -0.15) is 10.1 Å². The highest BCUT2D eigenvalue weighted by Crippen LogP contribution is 2.24. The van der Waals surface area contributed by atoms with E-state index in [-0.39, 0.29) is 17.5 Å². The van der Waals surface area contributed by atoms with Crippen molar-refractivity contribution in [2.24, 2.45) is 0 Å². The number of hydrogen-bond acceptors (Lipinski definition) is 6. The highest BCUT2D eigenvalue weighted by Gasteiger charge is 2.25. The number of hydrogen-bond donors (Lipinski definition) is 0. The summed E-state index contributed by atoms with van der Waals surface area (Å²) in [5, 5.41) is 8.74. The van der Waals surface area contributed by atoms with Crippen LogP contribution in [-0.4, -0.2) is 37.9 Å². The predicted octanol–water partition coefficient (Wildman–Crippen LogP) is 2.47. The summed E-state index contributed by atoms with van der Waals surface area (Å²) < 4.78 is 7.09. The lowest BCUT2D eigenvalue weighted by Gasteiger charge is -2.31. The molecular weight excluding hydrogens is 330 g/mol. The molecule has 26 heavy (non-hydrogen) atoms. The maximum atomic E-state index is 12.5. The van der Waals surface area contributed by atoms with Gasteiger partial charge in [-0.1, -0.05) is 19.0 Å². The highest BCUT2D eigenvalue weighted by molar-refractivity contribution is 5.20. The molecule has 140 valence electrons. The van der Waals surface area contributed by atoms with Gasteiger partial charge in [-0.15, -0.1) is 0 Å². The molecular formula is C19H27N5O2. The first-order valence-electron chi connectivity index (χ1n) is 9.76. The Labute approximate surface area is 153 Å². The van der Waals surface area contributed by atoms with Crippen molar-refractivity contribution in [2.75, 3.05) is 13.1 Å². The molecule has 1 aliphatic heterocycles. The molecule has 7 nitrogen and oxygen atoms in total. The third-order valence-corrected chi connectivity index (χ3v) is 5.49. The lowest BCUT2D eigenvalue weighted by molar-refractivity contribution is 0.153. The van der Waals surface area contributed by atoms with Crippen LogP contribution in [0.3, 0.4) is 0 Å². The number of aryl methyl sites for hydroxylation is 2. The van der Waals surface area contributed by atoms with Crippen molar-refractivity contribution in [2.45, 2.75) is 70.9 Å². The van der Waals surface area contributed by atoms with Crippen LogP contribution < -0.4 is 5.56 Å². The summed E-state index contributed by atoms with van der Waals surface area (Å²) in [5.41, 5.74) is 2.35. The van der Waals surface area contributed by atoms with Gasteiger partial charge < -0.3 is 4.52 Å². The number of rotatable bonds is 4. The minimum Gasteiger partial charge on any atom is -0.338 e. The van der Waals surface area contributed by atoms with E-state index >= 15 is 0 Å². The third-order valence-electron chi connectivity index (χ3n) is 5.49. The van der Waals surface area contributed by atoms with Gasteiger partial charge in [-0.3, -0.25) is 9.69 Å². The van der Waals surface area contributed by atoms with E-state index in [1.807, 2.05) is 6.07 Å². The van der Waals surface area contributed by atoms with Crippen LogP contribution in [0.2, 0.25) is 0 Å². The van der Waals surface area contributed by atoms with Crippen molar-refractivity contribution in [1.29, 1.82) is 0 Å². The standard InChI is InChI=1S/C19H27N5O2/c1-13(2)19-20-17(26-22-19)12-23-9-7-15(8-10-23)24-18(25)11-14-5-3-4-6-16(14)21-24/h11,13,15H,3-10,12H2,1-2H3. The average molecular weight is 357 g/mol. The van der Waals surface area contributed by atoms with Gasteiger partial charge in [-0.05, 0) is 44.1 Å². The summed E-state index contributed by atoms with van der Waals surface area (Å²) in [6.45, 7) is 6.62. The van der Waals surface area contributed by atoms with Crippen LogP contribution in [0.5, 0.6) is 0 Å². The Morgan fingerprint density at radius 1 is 1.23 bits per heavy atom. The molecule has 0 saturated carbocycles. The van der Waals surface area contributed by atoms with Crippen molar-refractivity contribution < 1.29 is 4.52 Å². The van der Waals surface area contributed by atoms with E-state index in [1.54, 1.807) is 4.68 Å². The zero-order chi connectivity index (χ0) is 18.1.